The number of carbonyl (C=O) groups excluding carboxylic acids is 2. The molecule has 1 spiro atoms. The number of piperidine rings is 1. The predicted molar refractivity (Wildman–Crippen MR) is 114 cm³/mol. The van der Waals surface area contributed by atoms with E-state index < -0.39 is 6.10 Å². The van der Waals surface area contributed by atoms with Crippen LogP contribution in [-0.2, 0) is 26.2 Å². The summed E-state index contributed by atoms with van der Waals surface area (Å²) in [6.07, 6.45) is 7.42. The molecule has 166 valence electrons. The molecule has 5 rings (SSSR count). The molecule has 5 atom stereocenters. The second-order valence-corrected chi connectivity index (χ2v) is 9.14. The number of esters is 2. The topological polar surface area (TPSA) is 91.1 Å². The third kappa shape index (κ3) is 3.09. The van der Waals surface area contributed by atoms with E-state index in [1.54, 1.807) is 0 Å². The van der Waals surface area contributed by atoms with Crippen molar-refractivity contribution in [1.82, 2.24) is 4.90 Å². The summed E-state index contributed by atoms with van der Waals surface area (Å²) in [7, 11) is 0. The molecule has 1 fully saturated rings. The highest BCUT2D eigenvalue weighted by Crippen LogP contribution is 2.62. The van der Waals surface area contributed by atoms with E-state index in [1.807, 2.05) is 12.1 Å². The molecule has 0 unspecified atom stereocenters. The maximum Gasteiger partial charge on any atom is 0.308 e. The third-order valence-corrected chi connectivity index (χ3v) is 7.41. The molecule has 0 amide bonds. The fourth-order valence-corrected chi connectivity index (χ4v) is 6.37. The Kier molecular flexibility index (Phi) is 5.06. The van der Waals surface area contributed by atoms with E-state index in [9.17, 15) is 9.59 Å². The average Bonchev–Trinajstić information content (AvgIpc) is 3.06. The van der Waals surface area contributed by atoms with Crippen LogP contribution < -0.4 is 15.2 Å². The summed E-state index contributed by atoms with van der Waals surface area (Å²) in [5.74, 6) is 0.674. The van der Waals surface area contributed by atoms with Gasteiger partial charge in [0.2, 0.25) is 0 Å². The van der Waals surface area contributed by atoms with E-state index in [4.69, 9.17) is 19.9 Å². The van der Waals surface area contributed by atoms with Gasteiger partial charge in [-0.3, -0.25) is 14.5 Å². The van der Waals surface area contributed by atoms with Crippen LogP contribution in [0.3, 0.4) is 0 Å². The zero-order chi connectivity index (χ0) is 21.8. The first kappa shape index (κ1) is 20.5. The molecule has 7 heteroatoms. The first-order valence-electron chi connectivity index (χ1n) is 11.3. The van der Waals surface area contributed by atoms with Gasteiger partial charge in [-0.25, -0.2) is 0 Å². The first-order chi connectivity index (χ1) is 15.0. The van der Waals surface area contributed by atoms with E-state index >= 15 is 0 Å². The highest BCUT2D eigenvalue weighted by atomic mass is 16.6. The molecule has 0 radical (unpaired) electrons. The number of benzene rings is 1. The number of hydrogen-bond donors (Lipinski definition) is 1. The van der Waals surface area contributed by atoms with Crippen LogP contribution in [0, 0.1) is 5.92 Å². The Bertz CT molecular complexity index is 944. The fraction of sp³-hybridized carbons (Fsp3) is 0.583. The van der Waals surface area contributed by atoms with E-state index in [1.165, 1.54) is 19.4 Å². The Morgan fingerprint density at radius 3 is 2.81 bits per heavy atom. The van der Waals surface area contributed by atoms with Crippen LogP contribution in [0.1, 0.15) is 44.2 Å². The zero-order valence-electron chi connectivity index (χ0n) is 18.1. The Morgan fingerprint density at radius 1 is 1.23 bits per heavy atom. The molecular weight excluding hydrogens is 396 g/mol. The van der Waals surface area contributed by atoms with Crippen LogP contribution in [0.25, 0.3) is 0 Å². The lowest BCUT2D eigenvalue weighted by Crippen LogP contribution is -2.65. The van der Waals surface area contributed by atoms with Crippen LogP contribution in [-0.4, -0.2) is 54.7 Å². The summed E-state index contributed by atoms with van der Waals surface area (Å²) in [6, 6.07) is 4.29. The van der Waals surface area contributed by atoms with Crippen molar-refractivity contribution in [2.75, 3.05) is 19.6 Å². The Morgan fingerprint density at radius 2 is 2.06 bits per heavy atom. The van der Waals surface area contributed by atoms with Crippen molar-refractivity contribution in [2.45, 2.75) is 63.2 Å². The van der Waals surface area contributed by atoms with Gasteiger partial charge < -0.3 is 19.9 Å². The van der Waals surface area contributed by atoms with E-state index in [0.717, 1.165) is 50.9 Å². The van der Waals surface area contributed by atoms with Gasteiger partial charge in [-0.15, -0.1) is 0 Å². The van der Waals surface area contributed by atoms with E-state index in [-0.39, 0.29) is 29.4 Å². The zero-order valence-corrected chi connectivity index (χ0v) is 18.1. The van der Waals surface area contributed by atoms with Crippen molar-refractivity contribution in [3.05, 3.63) is 35.4 Å². The highest BCUT2D eigenvalue weighted by Gasteiger charge is 2.65. The standard InChI is InChI=1S/C24H30N2O5/c1-14(27)29-19-7-5-16-13-18-17-6-8-20(30-15(2)28)23-24(17,21(16)22(19)31-23)9-12-26(18)11-4-3-10-25/h5-8,17-18,20,23H,3-4,9-13,25H2,1-2H3/t17-,18+,20-,23-,24-/m0/s1. The Hall–Kier alpha value is -2.38. The minimum atomic E-state index is -0.457. The lowest BCUT2D eigenvalue weighted by atomic mass is 9.53. The molecule has 2 aliphatic heterocycles. The molecular formula is C24H30N2O5. The smallest absolute Gasteiger partial charge is 0.308 e. The summed E-state index contributed by atoms with van der Waals surface area (Å²) < 4.78 is 17.7. The van der Waals surface area contributed by atoms with Crippen molar-refractivity contribution in [3.63, 3.8) is 0 Å². The normalized spacial score (nSPS) is 32.2. The van der Waals surface area contributed by atoms with Crippen LogP contribution in [0.15, 0.2) is 24.3 Å². The molecule has 1 aromatic rings. The van der Waals surface area contributed by atoms with Crippen molar-refractivity contribution >= 4 is 11.9 Å². The number of likely N-dealkylation sites (tertiary alicyclic amines) is 1. The summed E-state index contributed by atoms with van der Waals surface area (Å²) in [5.41, 5.74) is 7.84. The number of ether oxygens (including phenoxy) is 3. The van der Waals surface area contributed by atoms with Crippen LogP contribution in [0.4, 0.5) is 0 Å². The molecule has 2 bridgehead atoms. The molecule has 0 saturated carbocycles. The van der Waals surface area contributed by atoms with Gasteiger partial charge in [-0.2, -0.15) is 0 Å². The summed E-state index contributed by atoms with van der Waals surface area (Å²) in [6.45, 7) is 5.54. The number of carbonyl (C=O) groups is 2. The molecule has 2 heterocycles. The number of nitrogens with zero attached hydrogens (tertiary/aromatic N) is 1. The fourth-order valence-electron chi connectivity index (χ4n) is 6.37. The minimum Gasteiger partial charge on any atom is -0.481 e. The Balaban J connectivity index is 1.60. The molecule has 2 aliphatic carbocycles. The lowest BCUT2D eigenvalue weighted by molar-refractivity contribution is -0.152. The van der Waals surface area contributed by atoms with Gasteiger partial charge in [0.25, 0.3) is 0 Å². The van der Waals surface area contributed by atoms with Gasteiger partial charge in [0.05, 0.1) is 0 Å². The first-order valence-corrected chi connectivity index (χ1v) is 11.3. The molecule has 31 heavy (non-hydrogen) atoms. The number of hydrogen-bond acceptors (Lipinski definition) is 7. The van der Waals surface area contributed by atoms with Crippen LogP contribution in [0.2, 0.25) is 0 Å². The van der Waals surface area contributed by atoms with Crippen molar-refractivity contribution in [2.24, 2.45) is 11.7 Å². The third-order valence-electron chi connectivity index (χ3n) is 7.41. The van der Waals surface area contributed by atoms with E-state index in [2.05, 4.69) is 17.0 Å². The van der Waals surface area contributed by atoms with Gasteiger partial charge in [-0.05, 0) is 63.0 Å². The van der Waals surface area contributed by atoms with E-state index in [0.29, 0.717) is 17.5 Å². The summed E-state index contributed by atoms with van der Waals surface area (Å²) in [5, 5.41) is 0. The van der Waals surface area contributed by atoms with Crippen LogP contribution in [0.5, 0.6) is 11.5 Å². The lowest BCUT2D eigenvalue weighted by Gasteiger charge is -2.57. The van der Waals surface area contributed by atoms with Gasteiger partial charge >= 0.3 is 11.9 Å². The second-order valence-electron chi connectivity index (χ2n) is 9.14. The highest BCUT2D eigenvalue weighted by molar-refractivity contribution is 5.73. The number of unbranched alkanes of at least 4 members (excludes halogenated alkanes) is 1. The minimum absolute atomic E-state index is 0.261. The molecule has 1 saturated heterocycles. The van der Waals surface area contributed by atoms with Crippen LogP contribution >= 0.6 is 0 Å². The average molecular weight is 427 g/mol. The quantitative estimate of drug-likeness (QED) is 0.322. The largest absolute Gasteiger partial charge is 0.481 e. The molecule has 0 aromatic heterocycles. The van der Waals surface area contributed by atoms with Gasteiger partial charge in [0, 0.05) is 36.8 Å². The van der Waals surface area contributed by atoms with Gasteiger partial charge in [0.1, 0.15) is 6.10 Å². The molecule has 7 nitrogen and oxygen atoms in total. The van der Waals surface area contributed by atoms with Crippen molar-refractivity contribution < 1.29 is 23.8 Å². The molecule has 2 N–H and O–H groups in total. The molecule has 4 aliphatic rings. The number of rotatable bonds is 6. The summed E-state index contributed by atoms with van der Waals surface area (Å²) in [4.78, 5) is 26.1. The van der Waals surface area contributed by atoms with Gasteiger partial charge in [-0.1, -0.05) is 12.1 Å². The van der Waals surface area contributed by atoms with Gasteiger partial charge in [0.15, 0.2) is 17.6 Å². The molecule has 1 aromatic carbocycles. The van der Waals surface area contributed by atoms with Crippen molar-refractivity contribution in [3.8, 4) is 11.5 Å². The maximum absolute atomic E-state index is 11.8. The SMILES string of the molecule is CC(=O)Oc1ccc2c3c1O[C@H]1[C@@H](OC(C)=O)C=C[C@H]4[C@@H](C2)N(CCCCN)CC[C@@]341. The van der Waals surface area contributed by atoms with Crippen molar-refractivity contribution in [1.29, 1.82) is 0 Å². The number of nitrogens with two attached hydrogens (primary N) is 1. The Labute approximate surface area is 182 Å². The predicted octanol–water partition coefficient (Wildman–Crippen LogP) is 2.10. The maximum atomic E-state index is 11.8. The second kappa shape index (κ2) is 7.64. The monoisotopic (exact) mass is 426 g/mol. The summed E-state index contributed by atoms with van der Waals surface area (Å²) >= 11 is 0.